The third-order valence-electron chi connectivity index (χ3n) is 2.77. The summed E-state index contributed by atoms with van der Waals surface area (Å²) in [6.45, 7) is 2.46. The molecular weight excluding hydrogens is 216 g/mol. The van der Waals surface area contributed by atoms with Gasteiger partial charge >= 0.3 is 6.16 Å². The van der Waals surface area contributed by atoms with Gasteiger partial charge in [0, 0.05) is 0 Å². The molecule has 0 atom stereocenters. The van der Waals surface area contributed by atoms with E-state index in [-0.39, 0.29) is 0 Å². The van der Waals surface area contributed by atoms with E-state index in [1.165, 1.54) is 11.1 Å². The minimum Gasteiger partial charge on any atom is -0.450 e. The molecular formula is C14H20O3. The van der Waals surface area contributed by atoms with E-state index in [1.807, 2.05) is 0 Å². The first-order valence-corrected chi connectivity index (χ1v) is 6.16. The Kier molecular flexibility index (Phi) is 6.15. The third-order valence-corrected chi connectivity index (χ3v) is 2.77. The summed E-state index contributed by atoms with van der Waals surface area (Å²) >= 11 is 0. The van der Waals surface area contributed by atoms with Gasteiger partial charge in [-0.05, 0) is 43.2 Å². The van der Waals surface area contributed by atoms with Crippen LogP contribution in [-0.4, -0.2) is 17.9 Å². The second kappa shape index (κ2) is 7.71. The number of carboxylic acid groups (broad SMARTS) is 1. The van der Waals surface area contributed by atoms with Crippen LogP contribution in [0.25, 0.3) is 0 Å². The van der Waals surface area contributed by atoms with E-state index in [0.717, 1.165) is 32.1 Å². The summed E-state index contributed by atoms with van der Waals surface area (Å²) in [6, 6.07) is 8.69. The number of aryl methyl sites for hydroxylation is 2. The van der Waals surface area contributed by atoms with Crippen molar-refractivity contribution in [2.24, 2.45) is 0 Å². The standard InChI is InChI=1S/C14H20O3/c1-2-12-7-9-13(10-8-12)6-4-3-5-11-17-14(15)16/h7-10H,2-6,11H2,1H3,(H,15,16). The van der Waals surface area contributed by atoms with Crippen molar-refractivity contribution < 1.29 is 14.6 Å². The molecule has 1 aromatic carbocycles. The van der Waals surface area contributed by atoms with E-state index < -0.39 is 6.16 Å². The molecule has 0 aromatic heterocycles. The van der Waals surface area contributed by atoms with Gasteiger partial charge in [0.15, 0.2) is 0 Å². The van der Waals surface area contributed by atoms with Crippen molar-refractivity contribution >= 4 is 6.16 Å². The van der Waals surface area contributed by atoms with Crippen LogP contribution in [0.4, 0.5) is 4.79 Å². The molecule has 1 rings (SSSR count). The molecule has 0 aliphatic heterocycles. The van der Waals surface area contributed by atoms with Crippen molar-refractivity contribution in [3.05, 3.63) is 35.4 Å². The van der Waals surface area contributed by atoms with E-state index in [0.29, 0.717) is 6.61 Å². The highest BCUT2D eigenvalue weighted by Gasteiger charge is 1.97. The number of ether oxygens (including phenoxy) is 1. The first-order valence-electron chi connectivity index (χ1n) is 6.16. The zero-order valence-electron chi connectivity index (χ0n) is 10.3. The van der Waals surface area contributed by atoms with Gasteiger partial charge in [-0.25, -0.2) is 4.79 Å². The lowest BCUT2D eigenvalue weighted by atomic mass is 10.0. The van der Waals surface area contributed by atoms with Crippen LogP contribution < -0.4 is 0 Å². The maximum Gasteiger partial charge on any atom is 0.505 e. The summed E-state index contributed by atoms with van der Waals surface area (Å²) in [5.74, 6) is 0. The molecule has 0 saturated carbocycles. The largest absolute Gasteiger partial charge is 0.505 e. The molecule has 1 N–H and O–H groups in total. The van der Waals surface area contributed by atoms with Crippen LogP contribution in [0, 0.1) is 0 Å². The predicted molar refractivity (Wildman–Crippen MR) is 67.4 cm³/mol. The Morgan fingerprint density at radius 3 is 2.35 bits per heavy atom. The summed E-state index contributed by atoms with van der Waals surface area (Å²) in [5.41, 5.74) is 2.71. The number of carbonyl (C=O) groups is 1. The first kappa shape index (κ1) is 13.6. The lowest BCUT2D eigenvalue weighted by Crippen LogP contribution is -2.01. The molecule has 17 heavy (non-hydrogen) atoms. The van der Waals surface area contributed by atoms with Crippen LogP contribution >= 0.6 is 0 Å². The Morgan fingerprint density at radius 1 is 1.12 bits per heavy atom. The topological polar surface area (TPSA) is 46.5 Å². The van der Waals surface area contributed by atoms with E-state index in [9.17, 15) is 4.79 Å². The highest BCUT2D eigenvalue weighted by Crippen LogP contribution is 2.09. The molecule has 0 aliphatic carbocycles. The van der Waals surface area contributed by atoms with Crippen molar-refractivity contribution in [2.75, 3.05) is 6.61 Å². The fourth-order valence-corrected chi connectivity index (χ4v) is 1.71. The van der Waals surface area contributed by atoms with Crippen molar-refractivity contribution in [1.29, 1.82) is 0 Å². The zero-order chi connectivity index (χ0) is 12.5. The molecule has 94 valence electrons. The van der Waals surface area contributed by atoms with Crippen LogP contribution in [0.2, 0.25) is 0 Å². The Hall–Kier alpha value is -1.51. The molecule has 0 saturated heterocycles. The predicted octanol–water partition coefficient (Wildman–Crippen LogP) is 3.66. The van der Waals surface area contributed by atoms with E-state index in [2.05, 4.69) is 35.9 Å². The molecule has 0 amide bonds. The van der Waals surface area contributed by atoms with Gasteiger partial charge in [0.1, 0.15) is 0 Å². The maximum atomic E-state index is 10.1. The summed E-state index contributed by atoms with van der Waals surface area (Å²) in [7, 11) is 0. The average Bonchev–Trinajstić information content (AvgIpc) is 2.34. The van der Waals surface area contributed by atoms with Crippen LogP contribution in [0.15, 0.2) is 24.3 Å². The molecule has 0 bridgehead atoms. The number of hydrogen-bond acceptors (Lipinski definition) is 2. The van der Waals surface area contributed by atoms with E-state index >= 15 is 0 Å². The van der Waals surface area contributed by atoms with Crippen molar-refractivity contribution in [3.8, 4) is 0 Å². The lowest BCUT2D eigenvalue weighted by molar-refractivity contribution is 0.0900. The molecule has 0 radical (unpaired) electrons. The van der Waals surface area contributed by atoms with Gasteiger partial charge in [-0.2, -0.15) is 0 Å². The molecule has 0 unspecified atom stereocenters. The molecule has 1 aromatic rings. The van der Waals surface area contributed by atoms with Crippen LogP contribution in [0.1, 0.15) is 37.3 Å². The molecule has 0 fully saturated rings. The maximum absolute atomic E-state index is 10.1. The summed E-state index contributed by atoms with van der Waals surface area (Å²) in [5, 5.41) is 8.28. The second-order valence-electron chi connectivity index (χ2n) is 4.10. The van der Waals surface area contributed by atoms with Gasteiger partial charge in [-0.15, -0.1) is 0 Å². The van der Waals surface area contributed by atoms with Gasteiger partial charge in [0.05, 0.1) is 6.61 Å². The first-order chi connectivity index (χ1) is 8.22. The highest BCUT2D eigenvalue weighted by atomic mass is 16.7. The van der Waals surface area contributed by atoms with Crippen LogP contribution in [0.3, 0.4) is 0 Å². The Labute approximate surface area is 102 Å². The number of unbranched alkanes of at least 4 members (excludes halogenated alkanes) is 2. The monoisotopic (exact) mass is 236 g/mol. The van der Waals surface area contributed by atoms with Crippen LogP contribution in [0.5, 0.6) is 0 Å². The van der Waals surface area contributed by atoms with E-state index in [1.54, 1.807) is 0 Å². The SMILES string of the molecule is CCc1ccc(CCCCCOC(=O)O)cc1. The number of hydrogen-bond donors (Lipinski definition) is 1. The Morgan fingerprint density at radius 2 is 1.76 bits per heavy atom. The zero-order valence-corrected chi connectivity index (χ0v) is 10.3. The van der Waals surface area contributed by atoms with Gasteiger partial charge in [-0.3, -0.25) is 0 Å². The molecule has 3 nitrogen and oxygen atoms in total. The van der Waals surface area contributed by atoms with Gasteiger partial charge in [-0.1, -0.05) is 31.2 Å². The summed E-state index contributed by atoms with van der Waals surface area (Å²) in [6.07, 6.45) is 3.83. The number of rotatable bonds is 7. The lowest BCUT2D eigenvalue weighted by Gasteiger charge is -2.03. The Balaban J connectivity index is 2.11. The van der Waals surface area contributed by atoms with E-state index in [4.69, 9.17) is 5.11 Å². The smallest absolute Gasteiger partial charge is 0.450 e. The minimum absolute atomic E-state index is 0.310. The summed E-state index contributed by atoms with van der Waals surface area (Å²) < 4.78 is 4.44. The second-order valence-corrected chi connectivity index (χ2v) is 4.10. The van der Waals surface area contributed by atoms with Crippen LogP contribution in [-0.2, 0) is 17.6 Å². The molecule has 0 spiro atoms. The summed E-state index contributed by atoms with van der Waals surface area (Å²) in [4.78, 5) is 10.1. The third kappa shape index (κ3) is 5.95. The normalized spacial score (nSPS) is 10.2. The van der Waals surface area contributed by atoms with Crippen molar-refractivity contribution in [2.45, 2.75) is 39.0 Å². The molecule has 3 heteroatoms. The quantitative estimate of drug-likeness (QED) is 0.580. The van der Waals surface area contributed by atoms with Crippen molar-refractivity contribution in [3.63, 3.8) is 0 Å². The van der Waals surface area contributed by atoms with Crippen molar-refractivity contribution in [1.82, 2.24) is 0 Å². The highest BCUT2D eigenvalue weighted by molar-refractivity contribution is 5.56. The fraction of sp³-hybridized carbons (Fsp3) is 0.500. The average molecular weight is 236 g/mol. The van der Waals surface area contributed by atoms with Gasteiger partial charge in [0.2, 0.25) is 0 Å². The minimum atomic E-state index is -1.18. The number of benzene rings is 1. The molecule has 0 heterocycles. The Bertz CT molecular complexity index is 330. The van der Waals surface area contributed by atoms with Gasteiger partial charge in [0.25, 0.3) is 0 Å². The fourth-order valence-electron chi connectivity index (χ4n) is 1.71. The van der Waals surface area contributed by atoms with Gasteiger partial charge < -0.3 is 9.84 Å². The molecule has 0 aliphatic rings.